The Morgan fingerprint density at radius 2 is 2.19 bits per heavy atom. The zero-order valence-electron chi connectivity index (χ0n) is 12.3. The summed E-state index contributed by atoms with van der Waals surface area (Å²) in [6.07, 6.45) is 1.91. The van der Waals surface area contributed by atoms with Crippen LogP contribution >= 0.6 is 0 Å². The Morgan fingerprint density at radius 1 is 1.38 bits per heavy atom. The van der Waals surface area contributed by atoms with E-state index in [0.29, 0.717) is 25.6 Å². The number of amides is 1. The van der Waals surface area contributed by atoms with Crippen molar-refractivity contribution in [3.63, 3.8) is 0 Å². The second-order valence-electron chi connectivity index (χ2n) is 5.41. The Balaban J connectivity index is 1.56. The van der Waals surface area contributed by atoms with Crippen molar-refractivity contribution >= 4 is 5.91 Å². The third-order valence-corrected chi connectivity index (χ3v) is 3.71. The SMILES string of the molecule is O=C(CN1CCC(CCO)C1)NCCOc1ccccc1. The van der Waals surface area contributed by atoms with E-state index in [0.717, 1.165) is 31.7 Å². The van der Waals surface area contributed by atoms with E-state index in [2.05, 4.69) is 10.2 Å². The van der Waals surface area contributed by atoms with Gasteiger partial charge < -0.3 is 15.2 Å². The lowest BCUT2D eigenvalue weighted by Crippen LogP contribution is -2.37. The van der Waals surface area contributed by atoms with E-state index in [1.54, 1.807) is 0 Å². The van der Waals surface area contributed by atoms with E-state index < -0.39 is 0 Å². The summed E-state index contributed by atoms with van der Waals surface area (Å²) in [5.74, 6) is 1.39. The number of aliphatic hydroxyl groups excluding tert-OH is 1. The van der Waals surface area contributed by atoms with E-state index in [-0.39, 0.29) is 12.5 Å². The zero-order chi connectivity index (χ0) is 14.9. The highest BCUT2D eigenvalue weighted by Gasteiger charge is 2.23. The van der Waals surface area contributed by atoms with Crippen LogP contribution in [0.1, 0.15) is 12.8 Å². The molecule has 1 fully saturated rings. The lowest BCUT2D eigenvalue weighted by molar-refractivity contribution is -0.122. The third kappa shape index (κ3) is 5.73. The molecule has 2 rings (SSSR count). The average molecular weight is 292 g/mol. The Kier molecular flexibility index (Phi) is 6.50. The first-order chi connectivity index (χ1) is 10.3. The number of aliphatic hydroxyl groups is 1. The maximum absolute atomic E-state index is 11.8. The van der Waals surface area contributed by atoms with Crippen molar-refractivity contribution in [2.24, 2.45) is 5.92 Å². The Morgan fingerprint density at radius 3 is 2.95 bits per heavy atom. The second-order valence-corrected chi connectivity index (χ2v) is 5.41. The van der Waals surface area contributed by atoms with Crippen LogP contribution in [-0.4, -0.2) is 55.3 Å². The highest BCUT2D eigenvalue weighted by molar-refractivity contribution is 5.78. The quantitative estimate of drug-likeness (QED) is 0.699. The molecule has 5 heteroatoms. The molecule has 1 amide bonds. The number of likely N-dealkylation sites (tertiary alicyclic amines) is 1. The van der Waals surface area contributed by atoms with Crippen LogP contribution in [0.15, 0.2) is 30.3 Å². The van der Waals surface area contributed by atoms with Gasteiger partial charge in [0, 0.05) is 13.2 Å². The van der Waals surface area contributed by atoms with Crippen LogP contribution in [0.3, 0.4) is 0 Å². The maximum Gasteiger partial charge on any atom is 0.234 e. The average Bonchev–Trinajstić information content (AvgIpc) is 2.92. The minimum atomic E-state index is 0.0383. The number of hydrogen-bond acceptors (Lipinski definition) is 4. The first-order valence-corrected chi connectivity index (χ1v) is 7.55. The van der Waals surface area contributed by atoms with E-state index >= 15 is 0 Å². The summed E-state index contributed by atoms with van der Waals surface area (Å²) >= 11 is 0. The van der Waals surface area contributed by atoms with Crippen LogP contribution in [-0.2, 0) is 4.79 Å². The van der Waals surface area contributed by atoms with E-state index in [4.69, 9.17) is 9.84 Å². The molecule has 1 aliphatic rings. The third-order valence-electron chi connectivity index (χ3n) is 3.71. The summed E-state index contributed by atoms with van der Waals surface area (Å²) in [7, 11) is 0. The molecule has 0 radical (unpaired) electrons. The first-order valence-electron chi connectivity index (χ1n) is 7.55. The fourth-order valence-electron chi connectivity index (χ4n) is 2.61. The number of carbonyl (C=O) groups is 1. The number of rotatable bonds is 8. The lowest BCUT2D eigenvalue weighted by Gasteiger charge is -2.15. The molecule has 1 atom stereocenters. The highest BCUT2D eigenvalue weighted by atomic mass is 16.5. The second kappa shape index (κ2) is 8.64. The minimum absolute atomic E-state index is 0.0383. The number of para-hydroxylation sites is 1. The molecule has 1 saturated heterocycles. The normalized spacial score (nSPS) is 18.6. The Hall–Kier alpha value is -1.59. The van der Waals surface area contributed by atoms with Gasteiger partial charge in [0.1, 0.15) is 12.4 Å². The van der Waals surface area contributed by atoms with Gasteiger partial charge in [0.25, 0.3) is 0 Å². The van der Waals surface area contributed by atoms with Gasteiger partial charge in [-0.1, -0.05) is 18.2 Å². The van der Waals surface area contributed by atoms with Crippen LogP contribution in [0.25, 0.3) is 0 Å². The molecule has 0 bridgehead atoms. The van der Waals surface area contributed by atoms with Gasteiger partial charge in [-0.2, -0.15) is 0 Å². The van der Waals surface area contributed by atoms with Crippen molar-refractivity contribution in [3.05, 3.63) is 30.3 Å². The van der Waals surface area contributed by atoms with E-state index in [1.165, 1.54) is 0 Å². The van der Waals surface area contributed by atoms with Gasteiger partial charge in [0.15, 0.2) is 0 Å². The number of nitrogens with one attached hydrogen (secondary N) is 1. The summed E-state index contributed by atoms with van der Waals surface area (Å²) in [6.45, 7) is 3.52. The number of nitrogens with zero attached hydrogens (tertiary/aromatic N) is 1. The van der Waals surface area contributed by atoms with E-state index in [1.807, 2.05) is 30.3 Å². The van der Waals surface area contributed by atoms with Crippen molar-refractivity contribution in [1.29, 1.82) is 0 Å². The van der Waals surface area contributed by atoms with Gasteiger partial charge >= 0.3 is 0 Å². The van der Waals surface area contributed by atoms with E-state index in [9.17, 15) is 4.79 Å². The van der Waals surface area contributed by atoms with Gasteiger partial charge in [-0.05, 0) is 37.4 Å². The predicted octanol–water partition coefficient (Wildman–Crippen LogP) is 0.886. The molecule has 1 aromatic rings. The fraction of sp³-hybridized carbons (Fsp3) is 0.562. The number of benzene rings is 1. The van der Waals surface area contributed by atoms with Gasteiger partial charge in [0.05, 0.1) is 13.1 Å². The van der Waals surface area contributed by atoms with Gasteiger partial charge in [0.2, 0.25) is 5.91 Å². The molecule has 116 valence electrons. The van der Waals surface area contributed by atoms with Crippen molar-refractivity contribution in [2.75, 3.05) is 39.4 Å². The molecular weight excluding hydrogens is 268 g/mol. The number of carbonyl (C=O) groups excluding carboxylic acids is 1. The molecular formula is C16H24N2O3. The summed E-state index contributed by atoms with van der Waals surface area (Å²) in [4.78, 5) is 14.0. The van der Waals surface area contributed by atoms with Crippen LogP contribution in [0.5, 0.6) is 5.75 Å². The minimum Gasteiger partial charge on any atom is -0.492 e. The molecule has 0 saturated carbocycles. The van der Waals surface area contributed by atoms with Crippen LogP contribution < -0.4 is 10.1 Å². The Bertz CT molecular complexity index is 425. The first kappa shape index (κ1) is 15.8. The summed E-state index contributed by atoms with van der Waals surface area (Å²) in [5, 5.41) is 11.8. The summed E-state index contributed by atoms with van der Waals surface area (Å²) in [5.41, 5.74) is 0. The van der Waals surface area contributed by atoms with Crippen molar-refractivity contribution in [2.45, 2.75) is 12.8 Å². The maximum atomic E-state index is 11.8. The van der Waals surface area contributed by atoms with Crippen LogP contribution in [0.4, 0.5) is 0 Å². The summed E-state index contributed by atoms with van der Waals surface area (Å²) in [6, 6.07) is 9.57. The molecule has 21 heavy (non-hydrogen) atoms. The molecule has 2 N–H and O–H groups in total. The van der Waals surface area contributed by atoms with Crippen LogP contribution in [0.2, 0.25) is 0 Å². The Labute approximate surface area is 125 Å². The molecule has 1 unspecified atom stereocenters. The molecule has 0 aliphatic carbocycles. The molecule has 1 heterocycles. The zero-order valence-corrected chi connectivity index (χ0v) is 12.3. The highest BCUT2D eigenvalue weighted by Crippen LogP contribution is 2.18. The molecule has 1 aromatic carbocycles. The molecule has 0 spiro atoms. The lowest BCUT2D eigenvalue weighted by atomic mass is 10.1. The van der Waals surface area contributed by atoms with Gasteiger partial charge in [-0.25, -0.2) is 0 Å². The number of ether oxygens (including phenoxy) is 1. The largest absolute Gasteiger partial charge is 0.492 e. The molecule has 5 nitrogen and oxygen atoms in total. The van der Waals surface area contributed by atoms with Crippen LogP contribution in [0, 0.1) is 5.92 Å². The monoisotopic (exact) mass is 292 g/mol. The van der Waals surface area contributed by atoms with Gasteiger partial charge in [-0.3, -0.25) is 9.69 Å². The number of hydrogen-bond donors (Lipinski definition) is 2. The molecule has 0 aromatic heterocycles. The summed E-state index contributed by atoms with van der Waals surface area (Å²) < 4.78 is 5.52. The van der Waals surface area contributed by atoms with Crippen molar-refractivity contribution in [1.82, 2.24) is 10.2 Å². The standard InChI is InChI=1S/C16H24N2O3/c19-10-7-14-6-9-18(12-14)13-16(20)17-8-11-21-15-4-2-1-3-5-15/h1-5,14,19H,6-13H2,(H,17,20). The fourth-order valence-corrected chi connectivity index (χ4v) is 2.61. The predicted molar refractivity (Wildman–Crippen MR) is 81.2 cm³/mol. The molecule has 1 aliphatic heterocycles. The van der Waals surface area contributed by atoms with Gasteiger partial charge in [-0.15, -0.1) is 0 Å². The smallest absolute Gasteiger partial charge is 0.234 e. The topological polar surface area (TPSA) is 61.8 Å². The van der Waals surface area contributed by atoms with Crippen molar-refractivity contribution in [3.8, 4) is 5.75 Å². The van der Waals surface area contributed by atoms with Crippen molar-refractivity contribution < 1.29 is 14.6 Å².